The van der Waals surface area contributed by atoms with Crippen molar-refractivity contribution < 1.29 is 14.2 Å². The Morgan fingerprint density at radius 1 is 1.09 bits per heavy atom. The number of rotatable bonds is 6. The quantitative estimate of drug-likeness (QED) is 0.573. The number of nitrogens with zero attached hydrogens (tertiary/aromatic N) is 2. The Morgan fingerprint density at radius 2 is 1.77 bits per heavy atom. The molecule has 5 nitrogen and oxygen atoms in total. The third-order valence-corrected chi connectivity index (χ3v) is 3.83. The Bertz CT molecular complexity index is 635. The fourth-order valence-corrected chi connectivity index (χ4v) is 2.35. The van der Waals surface area contributed by atoms with E-state index in [1.807, 2.05) is 0 Å². The molecule has 1 unspecified atom stereocenters. The summed E-state index contributed by atoms with van der Waals surface area (Å²) in [7, 11) is 3.06. The van der Waals surface area contributed by atoms with Gasteiger partial charge in [0.2, 0.25) is 6.29 Å². The zero-order chi connectivity index (χ0) is 16.1. The van der Waals surface area contributed by atoms with Crippen molar-refractivity contribution in [2.24, 2.45) is 0 Å². The molecule has 0 bridgehead atoms. The highest BCUT2D eigenvalue weighted by molar-refractivity contribution is 6.34. The van der Waals surface area contributed by atoms with E-state index < -0.39 is 6.29 Å². The first-order valence-corrected chi connectivity index (χ1v) is 7.36. The Labute approximate surface area is 143 Å². The maximum Gasteiger partial charge on any atom is 0.203 e. The maximum atomic E-state index is 6.11. The molecule has 0 fully saturated rings. The van der Waals surface area contributed by atoms with Gasteiger partial charge in [0.1, 0.15) is 28.1 Å². The lowest BCUT2D eigenvalue weighted by atomic mass is 10.2. The Kier molecular flexibility index (Phi) is 6.08. The van der Waals surface area contributed by atoms with Crippen LogP contribution in [0.25, 0.3) is 0 Å². The lowest BCUT2D eigenvalue weighted by molar-refractivity contribution is -0.0520. The molecule has 0 aliphatic heterocycles. The minimum atomic E-state index is -0.661. The summed E-state index contributed by atoms with van der Waals surface area (Å²) in [6, 6.07) is 5.07. The van der Waals surface area contributed by atoms with E-state index >= 15 is 0 Å². The third kappa shape index (κ3) is 4.14. The number of ether oxygens (including phenoxy) is 3. The zero-order valence-electron chi connectivity index (χ0n) is 11.8. The van der Waals surface area contributed by atoms with E-state index in [-0.39, 0.29) is 16.7 Å². The van der Waals surface area contributed by atoms with Crippen molar-refractivity contribution in [1.29, 1.82) is 0 Å². The molecule has 22 heavy (non-hydrogen) atoms. The van der Waals surface area contributed by atoms with E-state index in [4.69, 9.17) is 49.0 Å². The van der Waals surface area contributed by atoms with Crippen LogP contribution in [-0.4, -0.2) is 30.5 Å². The Morgan fingerprint density at radius 3 is 2.36 bits per heavy atom. The molecule has 1 aromatic carbocycles. The smallest absolute Gasteiger partial charge is 0.203 e. The number of benzene rings is 1. The highest BCUT2D eigenvalue weighted by atomic mass is 35.5. The molecule has 118 valence electrons. The number of methoxy groups -OCH3 is 2. The van der Waals surface area contributed by atoms with Crippen molar-refractivity contribution in [3.05, 3.63) is 45.4 Å². The first-order valence-electron chi connectivity index (χ1n) is 6.23. The van der Waals surface area contributed by atoms with Crippen molar-refractivity contribution in [3.8, 4) is 11.5 Å². The van der Waals surface area contributed by atoms with Crippen molar-refractivity contribution >= 4 is 34.8 Å². The predicted octanol–water partition coefficient (Wildman–Crippen LogP) is 4.04. The molecule has 1 aromatic heterocycles. The molecule has 0 amide bonds. The summed E-state index contributed by atoms with van der Waals surface area (Å²) in [6.45, 7) is 0. The molecule has 8 heteroatoms. The van der Waals surface area contributed by atoms with Crippen LogP contribution >= 0.6 is 34.8 Å². The van der Waals surface area contributed by atoms with E-state index in [0.717, 1.165) is 0 Å². The zero-order valence-corrected chi connectivity index (χ0v) is 14.1. The van der Waals surface area contributed by atoms with Crippen LogP contribution in [0.4, 0.5) is 0 Å². The summed E-state index contributed by atoms with van der Waals surface area (Å²) >= 11 is 18.1. The normalized spacial score (nSPS) is 12.0. The van der Waals surface area contributed by atoms with Crippen molar-refractivity contribution in [3.63, 3.8) is 0 Å². The SMILES string of the molecule is COc1ccc(Cl)c(OC(Cc2c(Cl)ncnc2Cl)OC)c1. The molecule has 0 spiro atoms. The molecule has 0 radical (unpaired) electrons. The van der Waals surface area contributed by atoms with Crippen LogP contribution in [0.1, 0.15) is 5.56 Å². The Balaban J connectivity index is 2.19. The lowest BCUT2D eigenvalue weighted by Gasteiger charge is -2.19. The van der Waals surface area contributed by atoms with Gasteiger partial charge in [-0.1, -0.05) is 34.8 Å². The monoisotopic (exact) mass is 362 g/mol. The molecule has 1 heterocycles. The molecular weight excluding hydrogens is 351 g/mol. The van der Waals surface area contributed by atoms with E-state index in [9.17, 15) is 0 Å². The highest BCUT2D eigenvalue weighted by Gasteiger charge is 2.18. The van der Waals surface area contributed by atoms with Gasteiger partial charge in [-0.05, 0) is 12.1 Å². The van der Waals surface area contributed by atoms with Gasteiger partial charge in [-0.2, -0.15) is 0 Å². The van der Waals surface area contributed by atoms with Crippen molar-refractivity contribution in [2.75, 3.05) is 14.2 Å². The largest absolute Gasteiger partial charge is 0.497 e. The molecule has 0 saturated heterocycles. The molecule has 0 aliphatic carbocycles. The minimum absolute atomic E-state index is 0.252. The average Bonchev–Trinajstić information content (AvgIpc) is 2.51. The molecule has 1 atom stereocenters. The number of aromatic nitrogens is 2. The van der Waals surface area contributed by atoms with Crippen LogP contribution in [0.3, 0.4) is 0 Å². The highest BCUT2D eigenvalue weighted by Crippen LogP contribution is 2.31. The Hall–Kier alpha value is -1.27. The van der Waals surface area contributed by atoms with Gasteiger partial charge in [-0.15, -0.1) is 0 Å². The number of hydrogen-bond donors (Lipinski definition) is 0. The van der Waals surface area contributed by atoms with Gasteiger partial charge in [0.05, 0.1) is 12.1 Å². The summed E-state index contributed by atoms with van der Waals surface area (Å²) in [6.07, 6.45) is 0.892. The molecule has 2 rings (SSSR count). The van der Waals surface area contributed by atoms with Gasteiger partial charge in [0, 0.05) is 25.2 Å². The summed E-state index contributed by atoms with van der Waals surface area (Å²) in [5.41, 5.74) is 0.539. The molecule has 0 N–H and O–H groups in total. The fourth-order valence-electron chi connectivity index (χ4n) is 1.72. The van der Waals surface area contributed by atoms with Crippen LogP contribution in [0.5, 0.6) is 11.5 Å². The fraction of sp³-hybridized carbons (Fsp3) is 0.286. The van der Waals surface area contributed by atoms with Gasteiger partial charge >= 0.3 is 0 Å². The minimum Gasteiger partial charge on any atom is -0.497 e. The number of halogens is 3. The van der Waals surface area contributed by atoms with Crippen LogP contribution in [-0.2, 0) is 11.2 Å². The molecule has 0 aliphatic rings. The van der Waals surface area contributed by atoms with Gasteiger partial charge < -0.3 is 14.2 Å². The second kappa shape index (κ2) is 7.83. The summed E-state index contributed by atoms with van der Waals surface area (Å²) in [5, 5.41) is 0.939. The average molecular weight is 364 g/mol. The second-order valence-corrected chi connectivity index (χ2v) is 5.34. The van der Waals surface area contributed by atoms with Crippen LogP contribution < -0.4 is 9.47 Å². The molecular formula is C14H13Cl3N2O3. The maximum absolute atomic E-state index is 6.11. The summed E-state index contributed by atoms with van der Waals surface area (Å²) < 4.78 is 16.2. The van der Waals surface area contributed by atoms with E-state index in [1.54, 1.807) is 25.3 Å². The summed E-state index contributed by atoms with van der Waals surface area (Å²) in [4.78, 5) is 7.78. The third-order valence-electron chi connectivity index (χ3n) is 2.87. The molecule has 2 aromatic rings. The van der Waals surface area contributed by atoms with Crippen molar-refractivity contribution in [2.45, 2.75) is 12.7 Å². The van der Waals surface area contributed by atoms with Crippen LogP contribution in [0.2, 0.25) is 15.3 Å². The van der Waals surface area contributed by atoms with Crippen molar-refractivity contribution in [1.82, 2.24) is 9.97 Å². The standard InChI is InChI=1S/C14H13Cl3N2O3/c1-20-8-3-4-10(15)11(5-8)22-12(21-2)6-9-13(16)18-7-19-14(9)17/h3-5,7,12H,6H2,1-2H3. The van der Waals surface area contributed by atoms with Gasteiger partial charge in [-0.3, -0.25) is 0 Å². The molecule has 0 saturated carbocycles. The topological polar surface area (TPSA) is 53.5 Å². The summed E-state index contributed by atoms with van der Waals surface area (Å²) in [5.74, 6) is 1.05. The lowest BCUT2D eigenvalue weighted by Crippen LogP contribution is -2.22. The van der Waals surface area contributed by atoms with Crippen LogP contribution in [0.15, 0.2) is 24.5 Å². The van der Waals surface area contributed by atoms with Gasteiger partial charge in [0.15, 0.2) is 0 Å². The first kappa shape index (κ1) is 17.1. The van der Waals surface area contributed by atoms with Crippen LogP contribution in [0, 0.1) is 0 Å². The van der Waals surface area contributed by atoms with E-state index in [0.29, 0.717) is 22.1 Å². The van der Waals surface area contributed by atoms with E-state index in [1.165, 1.54) is 13.4 Å². The van der Waals surface area contributed by atoms with E-state index in [2.05, 4.69) is 9.97 Å². The second-order valence-electron chi connectivity index (χ2n) is 4.22. The number of hydrogen-bond acceptors (Lipinski definition) is 5. The predicted molar refractivity (Wildman–Crippen MR) is 85.2 cm³/mol. The van der Waals surface area contributed by atoms with Gasteiger partial charge in [-0.25, -0.2) is 9.97 Å². The first-order chi connectivity index (χ1) is 10.5. The van der Waals surface area contributed by atoms with Gasteiger partial charge in [0.25, 0.3) is 0 Å².